The maximum Gasteiger partial charge on any atom is 0.150 e. The summed E-state index contributed by atoms with van der Waals surface area (Å²) >= 11 is 0. The van der Waals surface area contributed by atoms with E-state index in [0.29, 0.717) is 6.42 Å². The molecule has 1 fully saturated rings. The number of anilines is 1. The van der Waals surface area contributed by atoms with Crippen LogP contribution in [0.3, 0.4) is 0 Å². The Bertz CT molecular complexity index is 833. The molecule has 1 aliphatic heterocycles. The van der Waals surface area contributed by atoms with Gasteiger partial charge in [0.15, 0.2) is 0 Å². The molecule has 6 heteroatoms. The number of nitrogens with zero attached hydrogens (tertiary/aromatic N) is 3. The fraction of sp³-hybridized carbons (Fsp3) is 0.529. The Morgan fingerprint density at radius 2 is 1.83 bits per heavy atom. The second kappa shape index (κ2) is 6.07. The SMILES string of the molecule is Cc1cc2ncnc(N3CCC[C@@H](S(C)(=O)=O)CC3)c2cc1C. The van der Waals surface area contributed by atoms with Crippen LogP contribution in [-0.4, -0.2) is 43.0 Å². The standard InChI is InChI=1S/C17H23N3O2S/c1-12-9-15-16(10-13(12)2)18-11-19-17(15)20-7-4-5-14(6-8-20)23(3,21)22/h9-11,14H,4-8H2,1-3H3/t14-/m1/s1. The number of aryl methyl sites for hydroxylation is 2. The van der Waals surface area contributed by atoms with Gasteiger partial charge in [-0.05, 0) is 56.4 Å². The van der Waals surface area contributed by atoms with Crippen LogP contribution in [0.1, 0.15) is 30.4 Å². The maximum absolute atomic E-state index is 11.8. The topological polar surface area (TPSA) is 63.2 Å². The van der Waals surface area contributed by atoms with Crippen molar-refractivity contribution >= 4 is 26.6 Å². The molecule has 0 amide bonds. The predicted molar refractivity (Wildman–Crippen MR) is 93.7 cm³/mol. The third-order valence-corrected chi connectivity index (χ3v) is 6.49. The van der Waals surface area contributed by atoms with Crippen LogP contribution >= 0.6 is 0 Å². The van der Waals surface area contributed by atoms with Gasteiger partial charge >= 0.3 is 0 Å². The minimum Gasteiger partial charge on any atom is -0.356 e. The van der Waals surface area contributed by atoms with Gasteiger partial charge in [0.05, 0.1) is 10.8 Å². The number of fused-ring (bicyclic) bond motifs is 1. The summed E-state index contributed by atoms with van der Waals surface area (Å²) in [5.41, 5.74) is 3.38. The van der Waals surface area contributed by atoms with E-state index in [1.54, 1.807) is 6.33 Å². The molecule has 0 spiro atoms. The Labute approximate surface area is 137 Å². The molecule has 23 heavy (non-hydrogen) atoms. The lowest BCUT2D eigenvalue weighted by Gasteiger charge is -2.23. The van der Waals surface area contributed by atoms with Crippen molar-refractivity contribution in [1.82, 2.24) is 9.97 Å². The Hall–Kier alpha value is -1.69. The third-order valence-electron chi connectivity index (χ3n) is 4.81. The van der Waals surface area contributed by atoms with E-state index in [4.69, 9.17) is 0 Å². The fourth-order valence-electron chi connectivity index (χ4n) is 3.26. The molecule has 1 atom stereocenters. The van der Waals surface area contributed by atoms with Crippen LogP contribution in [-0.2, 0) is 9.84 Å². The van der Waals surface area contributed by atoms with Crippen molar-refractivity contribution in [1.29, 1.82) is 0 Å². The smallest absolute Gasteiger partial charge is 0.150 e. The van der Waals surface area contributed by atoms with Gasteiger partial charge in [-0.25, -0.2) is 18.4 Å². The average molecular weight is 333 g/mol. The van der Waals surface area contributed by atoms with E-state index in [9.17, 15) is 8.42 Å². The third kappa shape index (κ3) is 3.32. The molecule has 124 valence electrons. The summed E-state index contributed by atoms with van der Waals surface area (Å²) < 4.78 is 23.7. The largest absolute Gasteiger partial charge is 0.356 e. The summed E-state index contributed by atoms with van der Waals surface area (Å²) in [5, 5.41) is 0.818. The van der Waals surface area contributed by atoms with E-state index >= 15 is 0 Å². The van der Waals surface area contributed by atoms with Crippen LogP contribution in [0.15, 0.2) is 18.5 Å². The zero-order chi connectivity index (χ0) is 16.6. The average Bonchev–Trinajstić information content (AvgIpc) is 2.73. The second-order valence-corrected chi connectivity index (χ2v) is 8.85. The highest BCUT2D eigenvalue weighted by atomic mass is 32.2. The number of aromatic nitrogens is 2. The van der Waals surface area contributed by atoms with Crippen molar-refractivity contribution < 1.29 is 8.42 Å². The monoisotopic (exact) mass is 333 g/mol. The van der Waals surface area contributed by atoms with Crippen molar-refractivity contribution in [3.05, 3.63) is 29.6 Å². The van der Waals surface area contributed by atoms with Gasteiger partial charge in [0.1, 0.15) is 22.0 Å². The number of rotatable bonds is 2. The Balaban J connectivity index is 1.96. The summed E-state index contributed by atoms with van der Waals surface area (Å²) in [6.07, 6.45) is 5.21. The van der Waals surface area contributed by atoms with Gasteiger partial charge in [0.2, 0.25) is 0 Å². The molecule has 1 saturated heterocycles. The van der Waals surface area contributed by atoms with Crippen molar-refractivity contribution in [2.24, 2.45) is 0 Å². The minimum atomic E-state index is -2.97. The van der Waals surface area contributed by atoms with Crippen LogP contribution < -0.4 is 4.90 Å². The van der Waals surface area contributed by atoms with Crippen LogP contribution in [0.4, 0.5) is 5.82 Å². The molecular formula is C17H23N3O2S. The lowest BCUT2D eigenvalue weighted by atomic mass is 10.1. The highest BCUT2D eigenvalue weighted by molar-refractivity contribution is 7.91. The Morgan fingerprint density at radius 1 is 1.09 bits per heavy atom. The van der Waals surface area contributed by atoms with E-state index in [0.717, 1.165) is 42.7 Å². The van der Waals surface area contributed by atoms with E-state index in [1.807, 2.05) is 0 Å². The number of hydrogen-bond acceptors (Lipinski definition) is 5. The summed E-state index contributed by atoms with van der Waals surface area (Å²) in [4.78, 5) is 11.1. The molecule has 1 aliphatic rings. The molecule has 3 rings (SSSR count). The molecule has 1 aromatic heterocycles. The molecule has 5 nitrogen and oxygen atoms in total. The van der Waals surface area contributed by atoms with Gasteiger partial charge in [-0.2, -0.15) is 0 Å². The van der Waals surface area contributed by atoms with Crippen LogP contribution in [0, 0.1) is 13.8 Å². The van der Waals surface area contributed by atoms with Gasteiger partial charge in [0.25, 0.3) is 0 Å². The lowest BCUT2D eigenvalue weighted by molar-refractivity contribution is 0.573. The van der Waals surface area contributed by atoms with E-state index < -0.39 is 9.84 Å². The van der Waals surface area contributed by atoms with E-state index in [2.05, 4.69) is 40.8 Å². The Kier molecular flexibility index (Phi) is 4.27. The zero-order valence-corrected chi connectivity index (χ0v) is 14.7. The van der Waals surface area contributed by atoms with Gasteiger partial charge in [-0.3, -0.25) is 0 Å². The minimum absolute atomic E-state index is 0.232. The first-order valence-electron chi connectivity index (χ1n) is 8.02. The van der Waals surface area contributed by atoms with Gasteiger partial charge in [0, 0.05) is 24.7 Å². The molecule has 2 heterocycles. The van der Waals surface area contributed by atoms with Crippen molar-refractivity contribution in [2.45, 2.75) is 38.4 Å². The van der Waals surface area contributed by atoms with Gasteiger partial charge in [-0.1, -0.05) is 0 Å². The Morgan fingerprint density at radius 3 is 2.57 bits per heavy atom. The highest BCUT2D eigenvalue weighted by Crippen LogP contribution is 2.28. The molecule has 0 unspecified atom stereocenters. The normalized spacial score (nSPS) is 19.8. The first-order chi connectivity index (χ1) is 10.9. The van der Waals surface area contributed by atoms with Gasteiger partial charge < -0.3 is 4.90 Å². The number of hydrogen-bond donors (Lipinski definition) is 0. The fourth-order valence-corrected chi connectivity index (χ4v) is 4.39. The summed E-state index contributed by atoms with van der Waals surface area (Å²) in [6, 6.07) is 4.23. The summed E-state index contributed by atoms with van der Waals surface area (Å²) in [6.45, 7) is 5.73. The lowest BCUT2D eigenvalue weighted by Crippen LogP contribution is -2.27. The van der Waals surface area contributed by atoms with Crippen molar-refractivity contribution in [2.75, 3.05) is 24.2 Å². The van der Waals surface area contributed by atoms with E-state index in [1.165, 1.54) is 17.4 Å². The molecule has 0 radical (unpaired) electrons. The first kappa shape index (κ1) is 16.2. The summed E-state index contributed by atoms with van der Waals surface area (Å²) in [5.74, 6) is 0.923. The van der Waals surface area contributed by atoms with Gasteiger partial charge in [-0.15, -0.1) is 0 Å². The van der Waals surface area contributed by atoms with Crippen molar-refractivity contribution in [3.63, 3.8) is 0 Å². The molecule has 2 aromatic rings. The predicted octanol–water partition coefficient (Wildman–Crippen LogP) is 2.65. The summed E-state index contributed by atoms with van der Waals surface area (Å²) in [7, 11) is -2.97. The maximum atomic E-state index is 11.8. The van der Waals surface area contributed by atoms with Crippen molar-refractivity contribution in [3.8, 4) is 0 Å². The number of sulfone groups is 1. The number of benzene rings is 1. The van der Waals surface area contributed by atoms with Crippen LogP contribution in [0.25, 0.3) is 10.9 Å². The quantitative estimate of drug-likeness (QED) is 0.845. The first-order valence-corrected chi connectivity index (χ1v) is 9.97. The van der Waals surface area contributed by atoms with Crippen LogP contribution in [0.2, 0.25) is 0 Å². The molecule has 0 bridgehead atoms. The van der Waals surface area contributed by atoms with Crippen LogP contribution in [0.5, 0.6) is 0 Å². The molecular weight excluding hydrogens is 310 g/mol. The molecule has 0 aliphatic carbocycles. The van der Waals surface area contributed by atoms with E-state index in [-0.39, 0.29) is 5.25 Å². The molecule has 0 N–H and O–H groups in total. The second-order valence-electron chi connectivity index (χ2n) is 6.52. The highest BCUT2D eigenvalue weighted by Gasteiger charge is 2.25. The zero-order valence-electron chi connectivity index (χ0n) is 13.9. The molecule has 1 aromatic carbocycles. The molecule has 0 saturated carbocycles.